The van der Waals surface area contributed by atoms with Crippen LogP contribution in [-0.4, -0.2) is 21.8 Å². The third-order valence-electron chi connectivity index (χ3n) is 3.84. The molecule has 0 radical (unpaired) electrons. The molecular formula is C19H17N3O2. The maximum atomic E-state index is 10.6. The van der Waals surface area contributed by atoms with E-state index in [1.165, 1.54) is 0 Å². The van der Waals surface area contributed by atoms with Gasteiger partial charge in [-0.2, -0.15) is 5.26 Å². The van der Waals surface area contributed by atoms with Crippen LogP contribution in [0.1, 0.15) is 28.6 Å². The molecule has 0 aliphatic carbocycles. The fraction of sp³-hybridized carbons (Fsp3) is 0.158. The Kier molecular flexibility index (Phi) is 4.59. The Labute approximate surface area is 140 Å². The lowest BCUT2D eigenvalue weighted by molar-refractivity contribution is 0.205. The van der Waals surface area contributed by atoms with Crippen molar-refractivity contribution in [2.45, 2.75) is 12.6 Å². The van der Waals surface area contributed by atoms with Gasteiger partial charge in [-0.05, 0) is 23.3 Å². The molecular weight excluding hydrogens is 302 g/mol. The second-order valence-electron chi connectivity index (χ2n) is 5.37. The van der Waals surface area contributed by atoms with Crippen molar-refractivity contribution in [3.63, 3.8) is 0 Å². The van der Waals surface area contributed by atoms with Crippen LogP contribution in [0.15, 0.2) is 60.9 Å². The molecule has 2 aromatic carbocycles. The van der Waals surface area contributed by atoms with Crippen LogP contribution in [0.2, 0.25) is 0 Å². The zero-order valence-corrected chi connectivity index (χ0v) is 13.3. The normalized spacial score (nSPS) is 11.7. The third-order valence-corrected chi connectivity index (χ3v) is 3.84. The van der Waals surface area contributed by atoms with E-state index in [1.54, 1.807) is 25.4 Å². The van der Waals surface area contributed by atoms with Gasteiger partial charge in [0.15, 0.2) is 0 Å². The monoisotopic (exact) mass is 319 g/mol. The number of rotatable bonds is 5. The van der Waals surface area contributed by atoms with E-state index in [9.17, 15) is 10.4 Å². The van der Waals surface area contributed by atoms with E-state index < -0.39 is 6.10 Å². The highest BCUT2D eigenvalue weighted by molar-refractivity contribution is 5.45. The van der Waals surface area contributed by atoms with Gasteiger partial charge in [0.05, 0.1) is 12.7 Å². The number of imidazole rings is 1. The Morgan fingerprint density at radius 1 is 1.25 bits per heavy atom. The first-order chi connectivity index (χ1) is 11.7. The van der Waals surface area contributed by atoms with E-state index in [0.29, 0.717) is 23.7 Å². The number of benzene rings is 2. The Hall–Kier alpha value is -3.10. The smallest absolute Gasteiger partial charge is 0.142 e. The molecule has 1 unspecified atom stereocenters. The summed E-state index contributed by atoms with van der Waals surface area (Å²) in [7, 11) is 1.54. The summed E-state index contributed by atoms with van der Waals surface area (Å²) in [6.45, 7) is 0.512. The topological polar surface area (TPSA) is 71.1 Å². The molecule has 3 rings (SSSR count). The standard InChI is InChI=1S/C19H17N3O2/c1-24-17-8-7-14(11-16(17)12-20)13-22-10-9-21-19(22)18(23)15-5-3-2-4-6-15/h2-11,18,23H,13H2,1H3. The lowest BCUT2D eigenvalue weighted by Crippen LogP contribution is -2.10. The minimum atomic E-state index is -0.796. The molecule has 5 nitrogen and oxygen atoms in total. The first-order valence-corrected chi connectivity index (χ1v) is 7.54. The Morgan fingerprint density at radius 3 is 2.75 bits per heavy atom. The summed E-state index contributed by atoms with van der Waals surface area (Å²) < 4.78 is 7.04. The van der Waals surface area contributed by atoms with Crippen LogP contribution in [-0.2, 0) is 6.54 Å². The predicted octanol–water partition coefficient (Wildman–Crippen LogP) is 2.89. The number of hydrogen-bond acceptors (Lipinski definition) is 4. The number of ether oxygens (including phenoxy) is 1. The van der Waals surface area contributed by atoms with E-state index in [4.69, 9.17) is 4.74 Å². The molecule has 120 valence electrons. The molecule has 1 N–H and O–H groups in total. The summed E-state index contributed by atoms with van der Waals surface area (Å²) in [5.74, 6) is 1.12. The Morgan fingerprint density at radius 2 is 2.04 bits per heavy atom. The first kappa shape index (κ1) is 15.8. The highest BCUT2D eigenvalue weighted by atomic mass is 16.5. The van der Waals surface area contributed by atoms with Gasteiger partial charge in [-0.15, -0.1) is 0 Å². The summed E-state index contributed by atoms with van der Waals surface area (Å²) in [5.41, 5.74) is 2.21. The highest BCUT2D eigenvalue weighted by Gasteiger charge is 2.16. The zero-order valence-electron chi connectivity index (χ0n) is 13.3. The molecule has 1 atom stereocenters. The van der Waals surface area contributed by atoms with Gasteiger partial charge < -0.3 is 14.4 Å². The summed E-state index contributed by atoms with van der Waals surface area (Å²) in [4.78, 5) is 4.29. The number of nitriles is 1. The molecule has 24 heavy (non-hydrogen) atoms. The molecule has 0 fully saturated rings. The molecule has 3 aromatic rings. The second-order valence-corrected chi connectivity index (χ2v) is 5.37. The number of hydrogen-bond donors (Lipinski definition) is 1. The summed E-state index contributed by atoms with van der Waals surface area (Å²) in [6, 6.07) is 17.0. The molecule has 0 bridgehead atoms. The number of aliphatic hydroxyl groups excluding tert-OH is 1. The molecule has 0 aliphatic rings. The van der Waals surface area contributed by atoms with Gasteiger partial charge in [0.25, 0.3) is 0 Å². The number of aliphatic hydroxyl groups is 1. The largest absolute Gasteiger partial charge is 0.495 e. The molecule has 1 aromatic heterocycles. The van der Waals surface area contributed by atoms with Crippen LogP contribution in [0.5, 0.6) is 5.75 Å². The van der Waals surface area contributed by atoms with Crippen molar-refractivity contribution >= 4 is 0 Å². The predicted molar refractivity (Wildman–Crippen MR) is 89.5 cm³/mol. The minimum Gasteiger partial charge on any atom is -0.495 e. The van der Waals surface area contributed by atoms with Gasteiger partial charge in [0, 0.05) is 18.9 Å². The van der Waals surface area contributed by atoms with Crippen molar-refractivity contribution in [1.29, 1.82) is 5.26 Å². The average molecular weight is 319 g/mol. The molecule has 0 amide bonds. The van der Waals surface area contributed by atoms with Crippen molar-refractivity contribution in [3.8, 4) is 11.8 Å². The highest BCUT2D eigenvalue weighted by Crippen LogP contribution is 2.23. The fourth-order valence-electron chi connectivity index (χ4n) is 2.62. The van der Waals surface area contributed by atoms with Crippen molar-refractivity contribution in [2.75, 3.05) is 7.11 Å². The van der Waals surface area contributed by atoms with Crippen molar-refractivity contribution in [3.05, 3.63) is 83.4 Å². The fourth-order valence-corrected chi connectivity index (χ4v) is 2.62. The maximum absolute atomic E-state index is 10.6. The molecule has 5 heteroatoms. The Bertz CT molecular complexity index is 866. The van der Waals surface area contributed by atoms with E-state index in [0.717, 1.165) is 11.1 Å². The van der Waals surface area contributed by atoms with Crippen molar-refractivity contribution in [1.82, 2.24) is 9.55 Å². The van der Waals surface area contributed by atoms with Gasteiger partial charge in [-0.3, -0.25) is 0 Å². The molecule has 0 saturated heterocycles. The van der Waals surface area contributed by atoms with E-state index >= 15 is 0 Å². The number of methoxy groups -OCH3 is 1. The first-order valence-electron chi connectivity index (χ1n) is 7.54. The van der Waals surface area contributed by atoms with E-state index in [2.05, 4.69) is 11.1 Å². The summed E-state index contributed by atoms with van der Waals surface area (Å²) >= 11 is 0. The van der Waals surface area contributed by atoms with Crippen LogP contribution in [0.3, 0.4) is 0 Å². The average Bonchev–Trinajstić information content (AvgIpc) is 3.09. The second kappa shape index (κ2) is 6.99. The maximum Gasteiger partial charge on any atom is 0.142 e. The van der Waals surface area contributed by atoms with Crippen LogP contribution in [0.25, 0.3) is 0 Å². The van der Waals surface area contributed by atoms with Gasteiger partial charge in [0.2, 0.25) is 0 Å². The zero-order chi connectivity index (χ0) is 16.9. The van der Waals surface area contributed by atoms with Crippen LogP contribution in [0.4, 0.5) is 0 Å². The summed E-state index contributed by atoms with van der Waals surface area (Å²) in [5, 5.41) is 19.8. The van der Waals surface area contributed by atoms with Gasteiger partial charge in [0.1, 0.15) is 23.7 Å². The quantitative estimate of drug-likeness (QED) is 0.785. The van der Waals surface area contributed by atoms with E-state index in [1.807, 2.05) is 47.2 Å². The van der Waals surface area contributed by atoms with Gasteiger partial charge >= 0.3 is 0 Å². The van der Waals surface area contributed by atoms with Crippen LogP contribution < -0.4 is 4.74 Å². The Balaban J connectivity index is 1.88. The molecule has 0 spiro atoms. The van der Waals surface area contributed by atoms with Crippen molar-refractivity contribution in [2.24, 2.45) is 0 Å². The van der Waals surface area contributed by atoms with E-state index in [-0.39, 0.29) is 0 Å². The lowest BCUT2D eigenvalue weighted by Gasteiger charge is -2.14. The third kappa shape index (κ3) is 3.14. The van der Waals surface area contributed by atoms with Gasteiger partial charge in [-0.25, -0.2) is 4.98 Å². The molecule has 1 heterocycles. The van der Waals surface area contributed by atoms with Crippen molar-refractivity contribution < 1.29 is 9.84 Å². The van der Waals surface area contributed by atoms with Crippen LogP contribution >= 0.6 is 0 Å². The molecule has 0 saturated carbocycles. The summed E-state index contributed by atoms with van der Waals surface area (Å²) in [6.07, 6.45) is 2.68. The number of nitrogens with zero attached hydrogens (tertiary/aromatic N) is 3. The minimum absolute atomic E-state index is 0.486. The van der Waals surface area contributed by atoms with Gasteiger partial charge in [-0.1, -0.05) is 36.4 Å². The van der Waals surface area contributed by atoms with Crippen LogP contribution in [0, 0.1) is 11.3 Å². The number of aromatic nitrogens is 2. The lowest BCUT2D eigenvalue weighted by atomic mass is 10.1. The SMILES string of the molecule is COc1ccc(Cn2ccnc2C(O)c2ccccc2)cc1C#N. The molecule has 0 aliphatic heterocycles.